The first-order valence-electron chi connectivity index (χ1n) is 5.64. The summed E-state index contributed by atoms with van der Waals surface area (Å²) in [6, 6.07) is 2.44. The quantitative estimate of drug-likeness (QED) is 0.736. The van der Waals surface area contributed by atoms with Crippen LogP contribution in [-0.2, 0) is 0 Å². The lowest BCUT2D eigenvalue weighted by atomic mass is 10.3. The summed E-state index contributed by atoms with van der Waals surface area (Å²) in [5.41, 5.74) is 6.39. The van der Waals surface area contributed by atoms with Crippen molar-refractivity contribution in [2.75, 3.05) is 17.6 Å². The molecule has 1 aliphatic carbocycles. The predicted octanol–water partition coefficient (Wildman–Crippen LogP) is 2.04. The number of thiophene rings is 1. The summed E-state index contributed by atoms with van der Waals surface area (Å²) in [5, 5.41) is 7.18. The molecule has 4 nitrogen and oxygen atoms in total. The summed E-state index contributed by atoms with van der Waals surface area (Å²) < 4.78 is 0. The lowest BCUT2D eigenvalue weighted by Gasteiger charge is -2.01. The van der Waals surface area contributed by atoms with Gasteiger partial charge in [0, 0.05) is 12.6 Å². The third-order valence-corrected chi connectivity index (χ3v) is 3.51. The first kappa shape index (κ1) is 11.3. The van der Waals surface area contributed by atoms with Crippen LogP contribution in [0.1, 0.15) is 35.9 Å². The molecule has 0 saturated heterocycles. The highest BCUT2D eigenvalue weighted by molar-refractivity contribution is 7.18. The van der Waals surface area contributed by atoms with Crippen molar-refractivity contribution in [2.24, 2.45) is 0 Å². The van der Waals surface area contributed by atoms with Crippen LogP contribution in [-0.4, -0.2) is 18.5 Å². The monoisotopic (exact) mass is 239 g/mol. The molecule has 1 aromatic heterocycles. The maximum atomic E-state index is 11.7. The molecule has 1 heterocycles. The molecule has 0 aromatic carbocycles. The molecule has 16 heavy (non-hydrogen) atoms. The van der Waals surface area contributed by atoms with E-state index in [9.17, 15) is 4.79 Å². The zero-order chi connectivity index (χ0) is 11.5. The average Bonchev–Trinajstić information content (AvgIpc) is 2.98. The highest BCUT2D eigenvalue weighted by Gasteiger charge is 2.23. The van der Waals surface area contributed by atoms with Gasteiger partial charge in [-0.05, 0) is 25.3 Å². The molecule has 1 aromatic rings. The van der Waals surface area contributed by atoms with Gasteiger partial charge in [-0.2, -0.15) is 0 Å². The lowest BCUT2D eigenvalue weighted by Crippen LogP contribution is -2.23. The maximum absolute atomic E-state index is 11.7. The van der Waals surface area contributed by atoms with Crippen LogP contribution in [0.3, 0.4) is 0 Å². The van der Waals surface area contributed by atoms with Crippen LogP contribution in [0.15, 0.2) is 6.07 Å². The molecule has 0 aliphatic heterocycles. The van der Waals surface area contributed by atoms with Crippen molar-refractivity contribution >= 4 is 27.9 Å². The van der Waals surface area contributed by atoms with E-state index in [1.54, 1.807) is 0 Å². The molecule has 4 N–H and O–H groups in total. The van der Waals surface area contributed by atoms with Gasteiger partial charge in [-0.25, -0.2) is 0 Å². The zero-order valence-electron chi connectivity index (χ0n) is 9.38. The van der Waals surface area contributed by atoms with Crippen LogP contribution < -0.4 is 16.4 Å². The minimum Gasteiger partial charge on any atom is -0.397 e. The minimum atomic E-state index is -0.0619. The Morgan fingerprint density at radius 3 is 3.00 bits per heavy atom. The Labute approximate surface area is 99.2 Å². The SMILES string of the molecule is CCCNC(=O)c1sc(NC2CC2)cc1N. The Hall–Kier alpha value is -1.23. The van der Waals surface area contributed by atoms with E-state index >= 15 is 0 Å². The fraction of sp³-hybridized carbons (Fsp3) is 0.545. The molecule has 1 fully saturated rings. The van der Waals surface area contributed by atoms with Gasteiger partial charge in [-0.1, -0.05) is 6.92 Å². The first-order chi connectivity index (χ1) is 7.70. The number of nitrogens with one attached hydrogen (secondary N) is 2. The maximum Gasteiger partial charge on any atom is 0.263 e. The van der Waals surface area contributed by atoms with Crippen LogP contribution in [0.2, 0.25) is 0 Å². The molecule has 0 bridgehead atoms. The highest BCUT2D eigenvalue weighted by atomic mass is 32.1. The topological polar surface area (TPSA) is 67.2 Å². The number of amides is 1. The van der Waals surface area contributed by atoms with Crippen LogP contribution >= 0.6 is 11.3 Å². The van der Waals surface area contributed by atoms with Gasteiger partial charge in [0.25, 0.3) is 5.91 Å². The molecule has 1 amide bonds. The standard InChI is InChI=1S/C11H17N3OS/c1-2-5-13-11(15)10-8(12)6-9(16-10)14-7-3-4-7/h6-7,14H,2-5,12H2,1H3,(H,13,15). The Bertz CT molecular complexity index is 385. The molecular formula is C11H17N3OS. The third kappa shape index (κ3) is 2.66. The molecular weight excluding hydrogens is 222 g/mol. The fourth-order valence-electron chi connectivity index (χ4n) is 1.40. The predicted molar refractivity (Wildman–Crippen MR) is 68.0 cm³/mol. The summed E-state index contributed by atoms with van der Waals surface area (Å²) >= 11 is 1.44. The Morgan fingerprint density at radius 1 is 1.62 bits per heavy atom. The van der Waals surface area contributed by atoms with Crippen molar-refractivity contribution < 1.29 is 4.79 Å². The van der Waals surface area contributed by atoms with E-state index in [4.69, 9.17) is 5.73 Å². The van der Waals surface area contributed by atoms with E-state index in [1.807, 2.05) is 13.0 Å². The van der Waals surface area contributed by atoms with Crippen LogP contribution in [0, 0.1) is 0 Å². The van der Waals surface area contributed by atoms with Gasteiger partial charge in [0.1, 0.15) is 4.88 Å². The normalized spacial score (nSPS) is 14.8. The second-order valence-electron chi connectivity index (χ2n) is 4.07. The van der Waals surface area contributed by atoms with Crippen molar-refractivity contribution in [1.82, 2.24) is 5.32 Å². The van der Waals surface area contributed by atoms with Crippen molar-refractivity contribution in [3.63, 3.8) is 0 Å². The van der Waals surface area contributed by atoms with E-state index < -0.39 is 0 Å². The van der Waals surface area contributed by atoms with Gasteiger partial charge in [-0.15, -0.1) is 11.3 Å². The second kappa shape index (κ2) is 4.74. The van der Waals surface area contributed by atoms with Crippen molar-refractivity contribution in [1.29, 1.82) is 0 Å². The summed E-state index contributed by atoms with van der Waals surface area (Å²) in [4.78, 5) is 12.4. The van der Waals surface area contributed by atoms with E-state index in [0.29, 0.717) is 23.2 Å². The molecule has 1 aliphatic rings. The van der Waals surface area contributed by atoms with Crippen LogP contribution in [0.25, 0.3) is 0 Å². The number of hydrogen-bond acceptors (Lipinski definition) is 4. The summed E-state index contributed by atoms with van der Waals surface area (Å²) in [7, 11) is 0. The summed E-state index contributed by atoms with van der Waals surface area (Å²) in [5.74, 6) is -0.0619. The van der Waals surface area contributed by atoms with Gasteiger partial charge < -0.3 is 16.4 Å². The molecule has 1 saturated carbocycles. The molecule has 5 heteroatoms. The molecule has 0 radical (unpaired) electrons. The number of carbonyl (C=O) groups is 1. The first-order valence-corrected chi connectivity index (χ1v) is 6.46. The second-order valence-corrected chi connectivity index (χ2v) is 5.12. The Balaban J connectivity index is 2.01. The van der Waals surface area contributed by atoms with E-state index in [1.165, 1.54) is 24.2 Å². The largest absolute Gasteiger partial charge is 0.397 e. The fourth-order valence-corrected chi connectivity index (χ4v) is 2.37. The molecule has 0 atom stereocenters. The number of carbonyl (C=O) groups excluding carboxylic acids is 1. The van der Waals surface area contributed by atoms with Gasteiger partial charge in [0.2, 0.25) is 0 Å². The van der Waals surface area contributed by atoms with Gasteiger partial charge in [-0.3, -0.25) is 4.79 Å². The summed E-state index contributed by atoms with van der Waals surface area (Å²) in [6.45, 7) is 2.72. The zero-order valence-corrected chi connectivity index (χ0v) is 10.2. The van der Waals surface area contributed by atoms with E-state index in [0.717, 1.165) is 11.4 Å². The van der Waals surface area contributed by atoms with E-state index in [2.05, 4.69) is 10.6 Å². The highest BCUT2D eigenvalue weighted by Crippen LogP contribution is 2.33. The van der Waals surface area contributed by atoms with Gasteiger partial charge in [0.15, 0.2) is 0 Å². The number of anilines is 2. The molecule has 0 spiro atoms. The van der Waals surface area contributed by atoms with Crippen molar-refractivity contribution in [3.05, 3.63) is 10.9 Å². The van der Waals surface area contributed by atoms with Gasteiger partial charge in [0.05, 0.1) is 10.7 Å². The number of nitrogen functional groups attached to an aromatic ring is 1. The number of nitrogens with two attached hydrogens (primary N) is 1. The Morgan fingerprint density at radius 2 is 2.38 bits per heavy atom. The molecule has 88 valence electrons. The number of rotatable bonds is 5. The smallest absolute Gasteiger partial charge is 0.263 e. The molecule has 2 rings (SSSR count). The number of hydrogen-bond donors (Lipinski definition) is 3. The summed E-state index contributed by atoms with van der Waals surface area (Å²) in [6.07, 6.45) is 3.37. The minimum absolute atomic E-state index is 0.0619. The van der Waals surface area contributed by atoms with Crippen molar-refractivity contribution in [2.45, 2.75) is 32.2 Å². The average molecular weight is 239 g/mol. The van der Waals surface area contributed by atoms with Gasteiger partial charge >= 0.3 is 0 Å². The third-order valence-electron chi connectivity index (χ3n) is 2.43. The van der Waals surface area contributed by atoms with Crippen molar-refractivity contribution in [3.8, 4) is 0 Å². The molecule has 0 unspecified atom stereocenters. The van der Waals surface area contributed by atoms with E-state index in [-0.39, 0.29) is 5.91 Å². The Kier molecular flexibility index (Phi) is 3.33. The van der Waals surface area contributed by atoms with Crippen LogP contribution in [0.5, 0.6) is 0 Å². The lowest BCUT2D eigenvalue weighted by molar-refractivity contribution is 0.0958. The van der Waals surface area contributed by atoms with Crippen LogP contribution in [0.4, 0.5) is 10.7 Å².